The highest BCUT2D eigenvalue weighted by Gasteiger charge is 2.25. The molecule has 30 heavy (non-hydrogen) atoms. The third kappa shape index (κ3) is 6.75. The normalized spacial score (nSPS) is 19.2. The lowest BCUT2D eigenvalue weighted by Crippen LogP contribution is -2.47. The first kappa shape index (κ1) is 24.2. The van der Waals surface area contributed by atoms with Gasteiger partial charge >= 0.3 is 0 Å². The summed E-state index contributed by atoms with van der Waals surface area (Å²) >= 11 is 0. The molecule has 2 aliphatic rings. The third-order valence-electron chi connectivity index (χ3n) is 5.29. The molecule has 1 aromatic carbocycles. The van der Waals surface area contributed by atoms with Crippen molar-refractivity contribution in [3.8, 4) is 0 Å². The van der Waals surface area contributed by atoms with E-state index >= 15 is 0 Å². The first-order valence-corrected chi connectivity index (χ1v) is 10.5. The topological polar surface area (TPSA) is 89.1 Å². The number of nitrogens with one attached hydrogen (secondary N) is 3. The molecule has 2 heterocycles. The molecule has 1 aromatic rings. The smallest absolute Gasteiger partial charge is 0.239 e. The fourth-order valence-electron chi connectivity index (χ4n) is 3.68. The van der Waals surface area contributed by atoms with Gasteiger partial charge in [-0.15, -0.1) is 24.0 Å². The second-order valence-electron chi connectivity index (χ2n) is 7.46. The number of guanidine groups is 1. The van der Waals surface area contributed by atoms with Crippen LogP contribution in [-0.2, 0) is 16.1 Å². The van der Waals surface area contributed by atoms with Gasteiger partial charge in [-0.25, -0.2) is 4.99 Å². The van der Waals surface area contributed by atoms with Crippen molar-refractivity contribution in [1.29, 1.82) is 0 Å². The van der Waals surface area contributed by atoms with Crippen molar-refractivity contribution in [1.82, 2.24) is 20.9 Å². The molecule has 1 unspecified atom stereocenters. The highest BCUT2D eigenvalue weighted by atomic mass is 127. The number of hydrogen-bond donors (Lipinski definition) is 3. The van der Waals surface area contributed by atoms with Crippen molar-refractivity contribution in [3.05, 3.63) is 29.8 Å². The SMILES string of the molecule is CCNC(=NCc1ccc(N2CCNC(=O)C2)cc1)NC1CCN(C(=O)CC)C1.I. The van der Waals surface area contributed by atoms with Gasteiger partial charge in [0.25, 0.3) is 0 Å². The largest absolute Gasteiger partial charge is 0.360 e. The maximum absolute atomic E-state index is 11.9. The predicted molar refractivity (Wildman–Crippen MR) is 130 cm³/mol. The van der Waals surface area contributed by atoms with E-state index in [0.29, 0.717) is 26.1 Å². The molecule has 2 fully saturated rings. The Morgan fingerprint density at radius 1 is 1.23 bits per heavy atom. The summed E-state index contributed by atoms with van der Waals surface area (Å²) in [5.74, 6) is 1.06. The Morgan fingerprint density at radius 2 is 2.00 bits per heavy atom. The van der Waals surface area contributed by atoms with Gasteiger partial charge in [0.15, 0.2) is 5.96 Å². The van der Waals surface area contributed by atoms with E-state index in [1.807, 2.05) is 18.7 Å². The zero-order valence-corrected chi connectivity index (χ0v) is 20.1. The van der Waals surface area contributed by atoms with Crippen LogP contribution in [0.2, 0.25) is 0 Å². The Bertz CT molecular complexity index is 740. The van der Waals surface area contributed by atoms with Crippen LogP contribution in [0.4, 0.5) is 5.69 Å². The number of carbonyl (C=O) groups is 2. The van der Waals surface area contributed by atoms with Crippen molar-refractivity contribution >= 4 is 47.4 Å². The van der Waals surface area contributed by atoms with Crippen LogP contribution in [-0.4, -0.2) is 68.0 Å². The number of amides is 2. The summed E-state index contributed by atoms with van der Waals surface area (Å²) in [6, 6.07) is 8.46. The van der Waals surface area contributed by atoms with Crippen LogP contribution in [0, 0.1) is 0 Å². The molecular weight excluding hydrogens is 495 g/mol. The van der Waals surface area contributed by atoms with Crippen LogP contribution in [0.15, 0.2) is 29.3 Å². The first-order chi connectivity index (χ1) is 14.1. The van der Waals surface area contributed by atoms with Crippen LogP contribution in [0.5, 0.6) is 0 Å². The number of likely N-dealkylation sites (tertiary alicyclic amines) is 1. The average Bonchev–Trinajstić information content (AvgIpc) is 3.20. The molecule has 0 aliphatic carbocycles. The average molecular weight is 528 g/mol. The van der Waals surface area contributed by atoms with E-state index in [2.05, 4.69) is 45.1 Å². The van der Waals surface area contributed by atoms with Crippen molar-refractivity contribution in [2.24, 2.45) is 4.99 Å². The molecule has 0 aromatic heterocycles. The quantitative estimate of drug-likeness (QED) is 0.295. The lowest BCUT2D eigenvalue weighted by molar-refractivity contribution is -0.129. The maximum Gasteiger partial charge on any atom is 0.239 e. The lowest BCUT2D eigenvalue weighted by Gasteiger charge is -2.28. The molecule has 8 nitrogen and oxygen atoms in total. The van der Waals surface area contributed by atoms with E-state index in [0.717, 1.165) is 49.8 Å². The van der Waals surface area contributed by atoms with Gasteiger partial charge in [0.1, 0.15) is 0 Å². The minimum absolute atomic E-state index is 0. The maximum atomic E-state index is 11.9. The van der Waals surface area contributed by atoms with E-state index in [1.165, 1.54) is 0 Å². The summed E-state index contributed by atoms with van der Waals surface area (Å²) in [4.78, 5) is 32.1. The molecule has 3 N–H and O–H groups in total. The Hall–Kier alpha value is -2.04. The summed E-state index contributed by atoms with van der Waals surface area (Å²) < 4.78 is 0. The number of hydrogen-bond acceptors (Lipinski definition) is 4. The minimum atomic E-state index is 0. The Morgan fingerprint density at radius 3 is 2.67 bits per heavy atom. The molecule has 0 bridgehead atoms. The first-order valence-electron chi connectivity index (χ1n) is 10.5. The van der Waals surface area contributed by atoms with E-state index in [-0.39, 0.29) is 41.8 Å². The molecule has 9 heteroatoms. The van der Waals surface area contributed by atoms with Gasteiger partial charge in [-0.2, -0.15) is 0 Å². The van der Waals surface area contributed by atoms with Gasteiger partial charge in [0.05, 0.1) is 13.1 Å². The number of nitrogens with zero attached hydrogens (tertiary/aromatic N) is 3. The fourth-order valence-corrected chi connectivity index (χ4v) is 3.68. The third-order valence-corrected chi connectivity index (χ3v) is 5.29. The molecule has 3 rings (SSSR count). The zero-order valence-electron chi connectivity index (χ0n) is 17.8. The highest BCUT2D eigenvalue weighted by molar-refractivity contribution is 14.0. The second-order valence-corrected chi connectivity index (χ2v) is 7.46. The number of benzene rings is 1. The van der Waals surface area contributed by atoms with E-state index in [9.17, 15) is 9.59 Å². The molecule has 166 valence electrons. The van der Waals surface area contributed by atoms with E-state index in [4.69, 9.17) is 4.99 Å². The Labute approximate surface area is 195 Å². The van der Waals surface area contributed by atoms with Crippen LogP contribution in [0.3, 0.4) is 0 Å². The molecule has 2 amide bonds. The molecule has 0 radical (unpaired) electrons. The summed E-state index contributed by atoms with van der Waals surface area (Å²) in [6.45, 7) is 8.76. The van der Waals surface area contributed by atoms with E-state index < -0.39 is 0 Å². The number of rotatable bonds is 6. The second kappa shape index (κ2) is 12.0. The Balaban J connectivity index is 0.00000320. The van der Waals surface area contributed by atoms with Crippen LogP contribution in [0.1, 0.15) is 32.3 Å². The number of carbonyl (C=O) groups excluding carboxylic acids is 2. The van der Waals surface area contributed by atoms with Crippen LogP contribution >= 0.6 is 24.0 Å². The van der Waals surface area contributed by atoms with Crippen molar-refractivity contribution in [3.63, 3.8) is 0 Å². The Kier molecular flexibility index (Phi) is 9.67. The highest BCUT2D eigenvalue weighted by Crippen LogP contribution is 2.16. The van der Waals surface area contributed by atoms with Gasteiger partial charge < -0.3 is 25.8 Å². The minimum Gasteiger partial charge on any atom is -0.360 e. The molecular formula is C21H33IN6O2. The number of piperazine rings is 1. The summed E-state index contributed by atoms with van der Waals surface area (Å²) in [6.07, 6.45) is 1.49. The van der Waals surface area contributed by atoms with Gasteiger partial charge in [-0.1, -0.05) is 19.1 Å². The monoisotopic (exact) mass is 528 g/mol. The molecule has 1 atom stereocenters. The van der Waals surface area contributed by atoms with E-state index in [1.54, 1.807) is 0 Å². The van der Waals surface area contributed by atoms with Gasteiger partial charge in [0, 0.05) is 50.9 Å². The van der Waals surface area contributed by atoms with Crippen LogP contribution < -0.4 is 20.9 Å². The number of halogens is 1. The molecule has 0 saturated carbocycles. The molecule has 2 saturated heterocycles. The molecule has 0 spiro atoms. The van der Waals surface area contributed by atoms with Crippen molar-refractivity contribution in [2.45, 2.75) is 39.3 Å². The van der Waals surface area contributed by atoms with Gasteiger partial charge in [0.2, 0.25) is 11.8 Å². The molecule has 2 aliphatic heterocycles. The summed E-state index contributed by atoms with van der Waals surface area (Å²) in [5.41, 5.74) is 2.17. The van der Waals surface area contributed by atoms with Crippen LogP contribution in [0.25, 0.3) is 0 Å². The zero-order chi connectivity index (χ0) is 20.6. The number of aliphatic imine (C=N–C) groups is 1. The summed E-state index contributed by atoms with van der Waals surface area (Å²) in [7, 11) is 0. The fraction of sp³-hybridized carbons (Fsp3) is 0.571. The lowest BCUT2D eigenvalue weighted by atomic mass is 10.2. The number of anilines is 1. The summed E-state index contributed by atoms with van der Waals surface area (Å²) in [5, 5.41) is 9.59. The van der Waals surface area contributed by atoms with Crippen molar-refractivity contribution < 1.29 is 9.59 Å². The predicted octanol–water partition coefficient (Wildman–Crippen LogP) is 1.31. The van der Waals surface area contributed by atoms with Gasteiger partial charge in [-0.05, 0) is 31.0 Å². The van der Waals surface area contributed by atoms with Gasteiger partial charge in [-0.3, -0.25) is 9.59 Å². The van der Waals surface area contributed by atoms with Crippen molar-refractivity contribution in [2.75, 3.05) is 44.2 Å². The standard InChI is InChI=1S/C21H32N6O2.HI/c1-3-20(29)27-11-9-17(14-27)25-21(22-4-2)24-13-16-5-7-18(8-6-16)26-12-10-23-19(28)15-26;/h5-8,17H,3-4,9-15H2,1-2H3,(H,23,28)(H2,22,24,25);1H.